The van der Waals surface area contributed by atoms with E-state index in [1.165, 1.54) is 27.5 Å². The predicted octanol–water partition coefficient (Wildman–Crippen LogP) is 1.04. The van der Waals surface area contributed by atoms with Gasteiger partial charge in [0.2, 0.25) is 5.91 Å². The molecule has 4 rings (SSSR count). The SMILES string of the molecule is O=C(N[C@H]1CC(=O)N(c2cccc(F)c2)C1)N1CC[NH+](Cc2ccccc2)CC1. The second-order valence-corrected chi connectivity index (χ2v) is 7.73. The average molecular weight is 397 g/mol. The molecular formula is C22H26FN4O2+. The highest BCUT2D eigenvalue weighted by Crippen LogP contribution is 2.22. The molecule has 0 radical (unpaired) electrons. The summed E-state index contributed by atoms with van der Waals surface area (Å²) in [6.45, 7) is 4.54. The van der Waals surface area contributed by atoms with Crippen LogP contribution in [0.1, 0.15) is 12.0 Å². The van der Waals surface area contributed by atoms with Crippen LogP contribution in [0.4, 0.5) is 14.9 Å². The molecule has 2 aliphatic rings. The highest BCUT2D eigenvalue weighted by atomic mass is 19.1. The van der Waals surface area contributed by atoms with Gasteiger partial charge in [-0.05, 0) is 18.2 Å². The van der Waals surface area contributed by atoms with Gasteiger partial charge in [-0.15, -0.1) is 0 Å². The van der Waals surface area contributed by atoms with Crippen LogP contribution in [0, 0.1) is 5.82 Å². The third-order valence-electron chi connectivity index (χ3n) is 5.63. The lowest BCUT2D eigenvalue weighted by Gasteiger charge is -2.33. The van der Waals surface area contributed by atoms with Crippen LogP contribution in [0.3, 0.4) is 0 Å². The Morgan fingerprint density at radius 2 is 1.86 bits per heavy atom. The van der Waals surface area contributed by atoms with Crippen LogP contribution in [0.5, 0.6) is 0 Å². The van der Waals surface area contributed by atoms with Gasteiger partial charge in [-0.25, -0.2) is 9.18 Å². The number of hydrogen-bond donors (Lipinski definition) is 2. The maximum Gasteiger partial charge on any atom is 0.318 e. The molecule has 2 aromatic carbocycles. The minimum Gasteiger partial charge on any atom is -0.333 e. The number of benzene rings is 2. The fourth-order valence-electron chi connectivity index (χ4n) is 4.05. The van der Waals surface area contributed by atoms with E-state index in [1.54, 1.807) is 12.1 Å². The molecule has 29 heavy (non-hydrogen) atoms. The number of carbonyl (C=O) groups excluding carboxylic acids is 2. The van der Waals surface area contributed by atoms with Gasteiger partial charge in [-0.1, -0.05) is 36.4 Å². The molecule has 2 N–H and O–H groups in total. The first-order valence-corrected chi connectivity index (χ1v) is 10.1. The maximum absolute atomic E-state index is 13.5. The maximum atomic E-state index is 13.5. The van der Waals surface area contributed by atoms with Crippen LogP contribution in [0.15, 0.2) is 54.6 Å². The summed E-state index contributed by atoms with van der Waals surface area (Å²) in [6.07, 6.45) is 0.238. The van der Waals surface area contributed by atoms with Gasteiger partial charge in [0.15, 0.2) is 0 Å². The zero-order chi connectivity index (χ0) is 20.2. The molecule has 2 aliphatic heterocycles. The topological polar surface area (TPSA) is 57.1 Å². The molecule has 3 amide bonds. The number of halogens is 1. The first-order valence-electron chi connectivity index (χ1n) is 10.1. The molecule has 7 heteroatoms. The molecule has 0 spiro atoms. The molecular weight excluding hydrogens is 371 g/mol. The van der Waals surface area contributed by atoms with Gasteiger partial charge < -0.3 is 20.0 Å². The summed E-state index contributed by atoms with van der Waals surface area (Å²) in [5.41, 5.74) is 1.84. The quantitative estimate of drug-likeness (QED) is 0.810. The number of quaternary nitrogens is 1. The molecule has 2 heterocycles. The van der Waals surface area contributed by atoms with Crippen LogP contribution < -0.4 is 15.1 Å². The van der Waals surface area contributed by atoms with E-state index < -0.39 is 0 Å². The average Bonchev–Trinajstić information content (AvgIpc) is 3.09. The zero-order valence-corrected chi connectivity index (χ0v) is 16.3. The standard InChI is InChI=1S/C22H25FN4O2/c23-18-7-4-8-20(13-18)27-16-19(14-21(27)28)24-22(29)26-11-9-25(10-12-26)15-17-5-2-1-3-6-17/h1-8,13,19H,9-12,14-16H2,(H,24,29)/p+1/t19-/m0/s1. The summed E-state index contributed by atoms with van der Waals surface area (Å²) in [7, 11) is 0. The molecule has 0 saturated carbocycles. The first kappa shape index (κ1) is 19.4. The normalized spacial score (nSPS) is 20.2. The number of carbonyl (C=O) groups is 2. The van der Waals surface area contributed by atoms with Crippen LogP contribution in [-0.2, 0) is 11.3 Å². The minimum absolute atomic E-state index is 0.0991. The Morgan fingerprint density at radius 3 is 2.59 bits per heavy atom. The van der Waals surface area contributed by atoms with Crippen LogP contribution in [0.2, 0.25) is 0 Å². The largest absolute Gasteiger partial charge is 0.333 e. The third kappa shape index (κ3) is 4.74. The predicted molar refractivity (Wildman–Crippen MR) is 108 cm³/mol. The molecule has 2 aromatic rings. The summed E-state index contributed by atoms with van der Waals surface area (Å²) < 4.78 is 13.5. The lowest BCUT2D eigenvalue weighted by molar-refractivity contribution is -0.917. The number of nitrogens with zero attached hydrogens (tertiary/aromatic N) is 2. The van der Waals surface area contributed by atoms with Crippen molar-refractivity contribution in [1.82, 2.24) is 10.2 Å². The Labute approximate surface area is 169 Å². The first-order chi connectivity index (χ1) is 14.1. The van der Waals surface area contributed by atoms with Gasteiger partial charge in [0.05, 0.1) is 32.2 Å². The van der Waals surface area contributed by atoms with Crippen LogP contribution >= 0.6 is 0 Å². The highest BCUT2D eigenvalue weighted by molar-refractivity contribution is 5.96. The second kappa shape index (κ2) is 8.61. The van der Waals surface area contributed by atoms with Crippen molar-refractivity contribution in [2.45, 2.75) is 19.0 Å². The smallest absolute Gasteiger partial charge is 0.318 e. The van der Waals surface area contributed by atoms with E-state index in [-0.39, 0.29) is 30.2 Å². The van der Waals surface area contributed by atoms with Gasteiger partial charge in [-0.2, -0.15) is 0 Å². The second-order valence-electron chi connectivity index (χ2n) is 7.73. The Hall–Kier alpha value is -2.93. The van der Waals surface area contributed by atoms with Gasteiger partial charge >= 0.3 is 6.03 Å². The summed E-state index contributed by atoms with van der Waals surface area (Å²) in [4.78, 5) is 29.8. The number of amides is 3. The van der Waals surface area contributed by atoms with Gasteiger partial charge in [0, 0.05) is 24.2 Å². The fourth-order valence-corrected chi connectivity index (χ4v) is 4.05. The Morgan fingerprint density at radius 1 is 1.10 bits per heavy atom. The van der Waals surface area contributed by atoms with Crippen LogP contribution in [0.25, 0.3) is 0 Å². The summed E-state index contributed by atoms with van der Waals surface area (Å²) in [5, 5.41) is 2.98. The van der Waals surface area contributed by atoms with Crippen molar-refractivity contribution >= 4 is 17.6 Å². The van der Waals surface area contributed by atoms with Crippen molar-refractivity contribution in [3.8, 4) is 0 Å². The van der Waals surface area contributed by atoms with Crippen molar-refractivity contribution < 1.29 is 18.9 Å². The van der Waals surface area contributed by atoms with Gasteiger partial charge in [0.25, 0.3) is 0 Å². The zero-order valence-electron chi connectivity index (χ0n) is 16.3. The lowest BCUT2D eigenvalue weighted by Crippen LogP contribution is -3.13. The van der Waals surface area contributed by atoms with E-state index in [0.29, 0.717) is 25.3 Å². The summed E-state index contributed by atoms with van der Waals surface area (Å²) in [6, 6.07) is 16.0. The number of rotatable bonds is 4. The number of hydrogen-bond acceptors (Lipinski definition) is 2. The molecule has 1 atom stereocenters. The van der Waals surface area contributed by atoms with Crippen molar-refractivity contribution in [2.24, 2.45) is 0 Å². The number of piperazine rings is 1. The molecule has 0 unspecified atom stereocenters. The van der Waals surface area contributed by atoms with E-state index >= 15 is 0 Å². The molecule has 6 nitrogen and oxygen atoms in total. The van der Waals surface area contributed by atoms with Crippen LogP contribution in [-0.4, -0.2) is 55.6 Å². The Bertz CT molecular complexity index is 868. The van der Waals surface area contributed by atoms with Gasteiger partial charge in [0.1, 0.15) is 12.4 Å². The van der Waals surface area contributed by atoms with E-state index in [4.69, 9.17) is 0 Å². The number of urea groups is 1. The minimum atomic E-state index is -0.376. The van der Waals surface area contributed by atoms with Crippen molar-refractivity contribution in [2.75, 3.05) is 37.6 Å². The molecule has 0 aliphatic carbocycles. The highest BCUT2D eigenvalue weighted by Gasteiger charge is 2.33. The monoisotopic (exact) mass is 397 g/mol. The molecule has 0 bridgehead atoms. The molecule has 152 valence electrons. The van der Waals surface area contributed by atoms with E-state index in [2.05, 4.69) is 29.6 Å². The van der Waals surface area contributed by atoms with Gasteiger partial charge in [-0.3, -0.25) is 4.79 Å². The third-order valence-corrected chi connectivity index (χ3v) is 5.63. The fraction of sp³-hybridized carbons (Fsp3) is 0.364. The van der Waals surface area contributed by atoms with E-state index in [1.807, 2.05) is 11.0 Å². The van der Waals surface area contributed by atoms with Crippen molar-refractivity contribution in [3.63, 3.8) is 0 Å². The molecule has 2 saturated heterocycles. The van der Waals surface area contributed by atoms with Crippen molar-refractivity contribution in [1.29, 1.82) is 0 Å². The Kier molecular flexibility index (Phi) is 5.76. The summed E-state index contributed by atoms with van der Waals surface area (Å²) >= 11 is 0. The Balaban J connectivity index is 1.26. The van der Waals surface area contributed by atoms with Crippen molar-refractivity contribution in [3.05, 3.63) is 66.0 Å². The lowest BCUT2D eigenvalue weighted by atomic mass is 10.2. The number of anilines is 1. The van der Waals surface area contributed by atoms with E-state index in [0.717, 1.165) is 19.6 Å². The molecule has 2 fully saturated rings. The summed E-state index contributed by atoms with van der Waals surface area (Å²) in [5.74, 6) is -0.475. The van der Waals surface area contributed by atoms with E-state index in [9.17, 15) is 14.0 Å². The number of nitrogens with one attached hydrogen (secondary N) is 2. The molecule has 0 aromatic heterocycles.